The van der Waals surface area contributed by atoms with Gasteiger partial charge in [0.2, 0.25) is 0 Å². The highest BCUT2D eigenvalue weighted by Crippen LogP contribution is 2.38. The van der Waals surface area contributed by atoms with E-state index < -0.39 is 0 Å². The number of carbonyl (C=O) groups excluding carboxylic acids is 1. The summed E-state index contributed by atoms with van der Waals surface area (Å²) in [5, 5.41) is 0.465. The highest BCUT2D eigenvalue weighted by molar-refractivity contribution is 7.81. The molecular weight excluding hydrogens is 415 g/mol. The van der Waals surface area contributed by atoms with E-state index in [-0.39, 0.29) is 5.83 Å². The summed E-state index contributed by atoms with van der Waals surface area (Å²) in [6, 6.07) is 6.48. The molecule has 0 heterocycles. The Morgan fingerprint density at radius 3 is 2.56 bits per heavy atom. The molecule has 2 fully saturated rings. The van der Waals surface area contributed by atoms with Gasteiger partial charge in [0.15, 0.2) is 0 Å². The average molecular weight is 453 g/mol. The van der Waals surface area contributed by atoms with Crippen molar-refractivity contribution < 1.29 is 9.18 Å². The van der Waals surface area contributed by atoms with E-state index in [2.05, 4.69) is 50.8 Å². The molecule has 1 aromatic carbocycles. The van der Waals surface area contributed by atoms with Crippen molar-refractivity contribution in [3.63, 3.8) is 0 Å². The van der Waals surface area contributed by atoms with E-state index in [4.69, 9.17) is 17.4 Å². The quantitative estimate of drug-likeness (QED) is 0.238. The molecule has 172 valence electrons. The maximum atomic E-state index is 14.0. The molecule has 0 amide bonds. The molecule has 0 spiro atoms. The molecule has 0 saturated heterocycles. The van der Waals surface area contributed by atoms with Crippen LogP contribution in [-0.2, 0) is 11.2 Å². The predicted molar refractivity (Wildman–Crippen MR) is 141 cm³/mol. The van der Waals surface area contributed by atoms with Gasteiger partial charge in [-0.15, -0.1) is 0 Å². The van der Waals surface area contributed by atoms with Crippen LogP contribution in [0.2, 0.25) is 0 Å². The Hall–Kier alpha value is -2.13. The molecule has 3 rings (SSSR count). The summed E-state index contributed by atoms with van der Waals surface area (Å²) in [7, 11) is 0. The van der Waals surface area contributed by atoms with Crippen molar-refractivity contribution in [2.75, 3.05) is 0 Å². The molecule has 0 bridgehead atoms. The number of halogens is 1. The Labute approximate surface area is 199 Å². The maximum Gasteiger partial charge on any atom is 0.119 e. The molecule has 1 nitrogen and oxygen atoms in total. The van der Waals surface area contributed by atoms with E-state index in [9.17, 15) is 4.39 Å². The minimum Gasteiger partial charge on any atom is -0.307 e. The van der Waals surface area contributed by atoms with Gasteiger partial charge in [-0.05, 0) is 79.7 Å². The highest BCUT2D eigenvalue weighted by atomic mass is 32.1. The molecule has 2 saturated carbocycles. The molecule has 2 atom stereocenters. The lowest BCUT2D eigenvalue weighted by molar-refractivity contribution is -0.0979. The normalized spacial score (nSPS) is 22.9. The van der Waals surface area contributed by atoms with E-state index in [1.807, 2.05) is 18.9 Å². The second-order valence-electron chi connectivity index (χ2n) is 8.96. The third-order valence-electron chi connectivity index (χ3n) is 6.32. The fourth-order valence-electron chi connectivity index (χ4n) is 4.37. The first-order valence-corrected chi connectivity index (χ1v) is 12.1. The number of thiol groups is 1. The molecule has 2 aliphatic carbocycles. The molecule has 3 heteroatoms. The summed E-state index contributed by atoms with van der Waals surface area (Å²) in [5.74, 6) is 0.978. The van der Waals surface area contributed by atoms with Crippen molar-refractivity contribution in [1.82, 2.24) is 0 Å². The zero-order valence-electron chi connectivity index (χ0n) is 19.5. The van der Waals surface area contributed by atoms with Crippen LogP contribution in [0.1, 0.15) is 69.1 Å². The zero-order chi connectivity index (χ0) is 23.5. The summed E-state index contributed by atoms with van der Waals surface area (Å²) in [6.07, 6.45) is 19.3. The Bertz CT molecular complexity index is 888. The van der Waals surface area contributed by atoms with Crippen molar-refractivity contribution in [3.8, 4) is 0 Å². The fraction of sp³-hybridized carbons (Fsp3) is 0.414. The summed E-state index contributed by atoms with van der Waals surface area (Å²) in [4.78, 5) is 8.00. The van der Waals surface area contributed by atoms with Crippen LogP contribution < -0.4 is 0 Å². The lowest BCUT2D eigenvalue weighted by Gasteiger charge is -2.21. The van der Waals surface area contributed by atoms with Crippen LogP contribution >= 0.6 is 12.6 Å². The van der Waals surface area contributed by atoms with E-state index >= 15 is 0 Å². The van der Waals surface area contributed by atoms with E-state index in [0.29, 0.717) is 17.1 Å². The lowest BCUT2D eigenvalue weighted by atomic mass is 9.85. The third-order valence-corrected chi connectivity index (χ3v) is 6.92. The molecule has 2 aliphatic rings. The maximum absolute atomic E-state index is 14.0. The smallest absolute Gasteiger partial charge is 0.119 e. The Balaban J connectivity index is 0.00000176. The van der Waals surface area contributed by atoms with Gasteiger partial charge in [-0.3, -0.25) is 0 Å². The zero-order valence-corrected chi connectivity index (χ0v) is 20.4. The standard InChI is InChI=1S/C28H35FS.CH2O/c1-4-23-16-22(19-28(23)30)17-25-12-8-11-24(15-20(2)3)27(25)14-6-5-13-26(29)18-21-9-7-10-21;1-2/h5-6,8,11-14,17-18,21,23,28,30H,2,4,7,9-10,15-16,19H2,1,3H3;1H2/b13-5-,14-6+,22-17-,26-18-;/t23-,28+;/m0./s1. The molecule has 0 unspecified atom stereocenters. The SMILES string of the molecule is C=C(C)Cc1cccc(/C=C2/C[C@H](CC)[C@H](S)C2)c1/C=C/C=C\C(F)=C\C1CCC1.C=O. The first-order chi connectivity index (χ1) is 15.5. The van der Waals surface area contributed by atoms with Crippen molar-refractivity contribution in [2.24, 2.45) is 11.8 Å². The Kier molecular flexibility index (Phi) is 11.0. The highest BCUT2D eigenvalue weighted by Gasteiger charge is 2.26. The van der Waals surface area contributed by atoms with Gasteiger partial charge in [-0.1, -0.05) is 80.0 Å². The number of allylic oxidation sites excluding steroid dienone is 7. The number of rotatable bonds is 8. The third kappa shape index (κ3) is 7.78. The molecule has 0 N–H and O–H groups in total. The lowest BCUT2D eigenvalue weighted by Crippen LogP contribution is -2.07. The van der Waals surface area contributed by atoms with Crippen molar-refractivity contribution in [2.45, 2.75) is 64.0 Å². The molecule has 0 aliphatic heterocycles. The van der Waals surface area contributed by atoms with Crippen molar-refractivity contribution in [1.29, 1.82) is 0 Å². The average Bonchev–Trinajstić information content (AvgIpc) is 3.09. The minimum absolute atomic E-state index is 0.127. The van der Waals surface area contributed by atoms with E-state index in [1.54, 1.807) is 12.2 Å². The first-order valence-electron chi connectivity index (χ1n) is 11.6. The van der Waals surface area contributed by atoms with Crippen molar-refractivity contribution >= 4 is 31.6 Å². The Morgan fingerprint density at radius 1 is 1.22 bits per heavy atom. The Morgan fingerprint density at radius 2 is 1.97 bits per heavy atom. The van der Waals surface area contributed by atoms with Crippen LogP contribution in [0.4, 0.5) is 4.39 Å². The monoisotopic (exact) mass is 452 g/mol. The second-order valence-corrected chi connectivity index (χ2v) is 9.62. The van der Waals surface area contributed by atoms with Gasteiger partial charge < -0.3 is 4.79 Å². The van der Waals surface area contributed by atoms with E-state index in [1.165, 1.54) is 35.1 Å². The van der Waals surface area contributed by atoms with Gasteiger partial charge in [0, 0.05) is 5.25 Å². The van der Waals surface area contributed by atoms with Gasteiger partial charge >= 0.3 is 0 Å². The van der Waals surface area contributed by atoms with Crippen LogP contribution in [0.5, 0.6) is 0 Å². The molecule has 1 aromatic rings. The van der Waals surface area contributed by atoms with Crippen LogP contribution in [0.15, 0.2) is 66.1 Å². The summed E-state index contributed by atoms with van der Waals surface area (Å²) in [6.45, 7) is 10.4. The number of hydrogen-bond donors (Lipinski definition) is 1. The van der Waals surface area contributed by atoms with Crippen LogP contribution in [0.25, 0.3) is 12.2 Å². The summed E-state index contributed by atoms with van der Waals surface area (Å²) in [5.41, 5.74) is 6.32. The largest absolute Gasteiger partial charge is 0.307 e. The topological polar surface area (TPSA) is 17.1 Å². The first kappa shape index (κ1) is 26.1. The molecule has 0 radical (unpaired) electrons. The van der Waals surface area contributed by atoms with Gasteiger partial charge in [0.05, 0.1) is 0 Å². The number of benzene rings is 1. The summed E-state index contributed by atoms with van der Waals surface area (Å²) < 4.78 is 14.0. The second kappa shape index (κ2) is 13.4. The predicted octanol–water partition coefficient (Wildman–Crippen LogP) is 8.35. The molecule has 32 heavy (non-hydrogen) atoms. The van der Waals surface area contributed by atoms with Crippen LogP contribution in [-0.4, -0.2) is 12.0 Å². The van der Waals surface area contributed by atoms with Gasteiger partial charge in [-0.25, -0.2) is 4.39 Å². The van der Waals surface area contributed by atoms with E-state index in [0.717, 1.165) is 37.7 Å². The molecule has 0 aromatic heterocycles. The van der Waals surface area contributed by atoms with Crippen LogP contribution in [0, 0.1) is 11.8 Å². The summed E-state index contributed by atoms with van der Waals surface area (Å²) >= 11 is 4.79. The van der Waals surface area contributed by atoms with Crippen molar-refractivity contribution in [3.05, 3.63) is 82.7 Å². The number of hydrogen-bond acceptors (Lipinski definition) is 2. The van der Waals surface area contributed by atoms with Gasteiger partial charge in [0.1, 0.15) is 12.6 Å². The molecular formula is C29H37FOS. The van der Waals surface area contributed by atoms with Crippen LogP contribution in [0.3, 0.4) is 0 Å². The minimum atomic E-state index is -0.127. The van der Waals surface area contributed by atoms with Gasteiger partial charge in [0.25, 0.3) is 0 Å². The number of carbonyl (C=O) groups is 1. The van der Waals surface area contributed by atoms with Gasteiger partial charge in [-0.2, -0.15) is 12.6 Å². The fourth-order valence-corrected chi connectivity index (χ4v) is 4.92.